The van der Waals surface area contributed by atoms with Crippen molar-refractivity contribution in [3.05, 3.63) is 65.2 Å². The Balaban J connectivity index is 1.88. The molecule has 2 aromatic rings. The summed E-state index contributed by atoms with van der Waals surface area (Å²) in [6.07, 6.45) is 1.98. The number of hydrogen-bond donors (Lipinski definition) is 1. The van der Waals surface area contributed by atoms with Crippen molar-refractivity contribution < 1.29 is 14.3 Å². The van der Waals surface area contributed by atoms with Crippen molar-refractivity contribution in [2.24, 2.45) is 5.73 Å². The number of esters is 1. The average molecular weight is 299 g/mol. The summed E-state index contributed by atoms with van der Waals surface area (Å²) in [4.78, 5) is 11.3. The number of hydrogen-bond acceptors (Lipinski definition) is 4. The first-order valence-corrected chi connectivity index (χ1v) is 7.32. The molecule has 0 heterocycles. The van der Waals surface area contributed by atoms with Gasteiger partial charge in [0.25, 0.3) is 0 Å². The molecule has 0 atom stereocenters. The van der Waals surface area contributed by atoms with Gasteiger partial charge in [0.1, 0.15) is 12.4 Å². The minimum absolute atomic E-state index is 0.333. The predicted molar refractivity (Wildman–Crippen MR) is 85.9 cm³/mol. The third-order valence-electron chi connectivity index (χ3n) is 3.37. The Bertz CT molecular complexity index is 591. The van der Waals surface area contributed by atoms with E-state index in [2.05, 4.69) is 16.9 Å². The topological polar surface area (TPSA) is 61.5 Å². The fourth-order valence-electron chi connectivity index (χ4n) is 2.08. The van der Waals surface area contributed by atoms with E-state index in [1.807, 2.05) is 24.3 Å². The van der Waals surface area contributed by atoms with Crippen LogP contribution in [0.25, 0.3) is 0 Å². The lowest BCUT2D eigenvalue weighted by atomic mass is 10.1. The maximum atomic E-state index is 11.3. The summed E-state index contributed by atoms with van der Waals surface area (Å²) in [5, 5.41) is 0. The highest BCUT2D eigenvalue weighted by atomic mass is 16.5. The number of ether oxygens (including phenoxy) is 2. The summed E-state index contributed by atoms with van der Waals surface area (Å²) in [5.41, 5.74) is 8.30. The lowest BCUT2D eigenvalue weighted by molar-refractivity contribution is 0.0600. The van der Waals surface area contributed by atoms with Crippen LogP contribution in [0.3, 0.4) is 0 Å². The van der Waals surface area contributed by atoms with Gasteiger partial charge in [-0.15, -0.1) is 0 Å². The number of nitrogens with two attached hydrogens (primary N) is 1. The van der Waals surface area contributed by atoms with Crippen molar-refractivity contribution in [1.82, 2.24) is 0 Å². The molecular formula is C18H21NO3. The largest absolute Gasteiger partial charge is 0.489 e. The van der Waals surface area contributed by atoms with E-state index in [0.717, 1.165) is 24.2 Å². The molecule has 0 fully saturated rings. The van der Waals surface area contributed by atoms with Crippen LogP contribution in [0.5, 0.6) is 5.75 Å². The molecule has 0 aliphatic heterocycles. The predicted octanol–water partition coefficient (Wildman–Crippen LogP) is 2.94. The summed E-state index contributed by atoms with van der Waals surface area (Å²) < 4.78 is 10.4. The number of carbonyl (C=O) groups excluding carboxylic acids is 1. The summed E-state index contributed by atoms with van der Waals surface area (Å²) in [6, 6.07) is 15.3. The molecule has 0 aliphatic rings. The van der Waals surface area contributed by atoms with Crippen LogP contribution in [-0.4, -0.2) is 19.6 Å². The number of rotatable bonds is 7. The van der Waals surface area contributed by atoms with Crippen LogP contribution in [0.4, 0.5) is 0 Å². The van der Waals surface area contributed by atoms with Gasteiger partial charge in [0, 0.05) is 0 Å². The van der Waals surface area contributed by atoms with Crippen LogP contribution in [0.1, 0.15) is 27.9 Å². The maximum absolute atomic E-state index is 11.3. The average Bonchev–Trinajstić information content (AvgIpc) is 2.58. The van der Waals surface area contributed by atoms with Crippen molar-refractivity contribution in [3.8, 4) is 5.75 Å². The van der Waals surface area contributed by atoms with Gasteiger partial charge in [-0.25, -0.2) is 4.79 Å². The van der Waals surface area contributed by atoms with E-state index in [9.17, 15) is 4.79 Å². The molecule has 4 heteroatoms. The molecule has 22 heavy (non-hydrogen) atoms. The monoisotopic (exact) mass is 299 g/mol. The highest BCUT2D eigenvalue weighted by Gasteiger charge is 2.04. The van der Waals surface area contributed by atoms with Gasteiger partial charge in [-0.05, 0) is 54.8 Å². The second-order valence-electron chi connectivity index (χ2n) is 5.01. The molecule has 0 bridgehead atoms. The van der Waals surface area contributed by atoms with Gasteiger partial charge in [-0.3, -0.25) is 0 Å². The van der Waals surface area contributed by atoms with E-state index in [1.54, 1.807) is 12.1 Å². The smallest absolute Gasteiger partial charge is 0.337 e. The third kappa shape index (κ3) is 4.60. The van der Waals surface area contributed by atoms with Gasteiger partial charge in [0.15, 0.2) is 0 Å². The van der Waals surface area contributed by atoms with E-state index >= 15 is 0 Å². The first-order chi connectivity index (χ1) is 10.7. The highest BCUT2D eigenvalue weighted by molar-refractivity contribution is 5.89. The third-order valence-corrected chi connectivity index (χ3v) is 3.37. The molecule has 0 saturated heterocycles. The minimum Gasteiger partial charge on any atom is -0.489 e. The lowest BCUT2D eigenvalue weighted by Crippen LogP contribution is -2.02. The second-order valence-corrected chi connectivity index (χ2v) is 5.01. The van der Waals surface area contributed by atoms with Crippen molar-refractivity contribution in [3.63, 3.8) is 0 Å². The molecular weight excluding hydrogens is 278 g/mol. The molecule has 0 aliphatic carbocycles. The van der Waals surface area contributed by atoms with Gasteiger partial charge >= 0.3 is 5.97 Å². The molecule has 4 nitrogen and oxygen atoms in total. The molecule has 0 amide bonds. The Morgan fingerprint density at radius 3 is 2.23 bits per heavy atom. The van der Waals surface area contributed by atoms with Crippen LogP contribution >= 0.6 is 0 Å². The zero-order valence-electron chi connectivity index (χ0n) is 12.7. The van der Waals surface area contributed by atoms with E-state index in [-0.39, 0.29) is 5.97 Å². The summed E-state index contributed by atoms with van der Waals surface area (Å²) >= 11 is 0. The van der Waals surface area contributed by atoms with Crippen LogP contribution < -0.4 is 10.5 Å². The normalized spacial score (nSPS) is 10.3. The van der Waals surface area contributed by atoms with E-state index in [0.29, 0.717) is 18.7 Å². The zero-order valence-corrected chi connectivity index (χ0v) is 12.7. The SMILES string of the molecule is COC(=O)c1ccc(COc2ccc(CCCN)cc2)cc1. The maximum Gasteiger partial charge on any atom is 0.337 e. The van der Waals surface area contributed by atoms with Gasteiger partial charge in [-0.2, -0.15) is 0 Å². The number of benzene rings is 2. The summed E-state index contributed by atoms with van der Waals surface area (Å²) in [6.45, 7) is 1.17. The van der Waals surface area contributed by atoms with Gasteiger partial charge in [-0.1, -0.05) is 24.3 Å². The van der Waals surface area contributed by atoms with Crippen LogP contribution in [0, 0.1) is 0 Å². The van der Waals surface area contributed by atoms with Crippen molar-refractivity contribution in [1.29, 1.82) is 0 Å². The van der Waals surface area contributed by atoms with Gasteiger partial charge in [0.2, 0.25) is 0 Å². The molecule has 0 saturated carbocycles. The molecule has 2 N–H and O–H groups in total. The molecule has 2 aromatic carbocycles. The molecule has 116 valence electrons. The fourth-order valence-corrected chi connectivity index (χ4v) is 2.08. The molecule has 0 spiro atoms. The molecule has 0 aromatic heterocycles. The Hall–Kier alpha value is -2.33. The first kappa shape index (κ1) is 16.0. The minimum atomic E-state index is -0.333. The first-order valence-electron chi connectivity index (χ1n) is 7.32. The van der Waals surface area contributed by atoms with Crippen LogP contribution in [0.2, 0.25) is 0 Å². The standard InChI is InChI=1S/C18H21NO3/c1-21-18(20)16-8-4-15(5-9-16)13-22-17-10-6-14(7-11-17)3-2-12-19/h4-11H,2-3,12-13,19H2,1H3. The lowest BCUT2D eigenvalue weighted by Gasteiger charge is -2.08. The Labute approximate surface area is 130 Å². The molecule has 2 rings (SSSR count). The molecule has 0 radical (unpaired) electrons. The van der Waals surface area contributed by atoms with Gasteiger partial charge in [0.05, 0.1) is 12.7 Å². The number of methoxy groups -OCH3 is 1. The zero-order chi connectivity index (χ0) is 15.8. The van der Waals surface area contributed by atoms with E-state index in [1.165, 1.54) is 12.7 Å². The Morgan fingerprint density at radius 2 is 1.64 bits per heavy atom. The van der Waals surface area contributed by atoms with Crippen molar-refractivity contribution in [2.75, 3.05) is 13.7 Å². The van der Waals surface area contributed by atoms with E-state index in [4.69, 9.17) is 10.5 Å². The fraction of sp³-hybridized carbons (Fsp3) is 0.278. The molecule has 0 unspecified atom stereocenters. The summed E-state index contributed by atoms with van der Waals surface area (Å²) in [7, 11) is 1.37. The highest BCUT2D eigenvalue weighted by Crippen LogP contribution is 2.15. The quantitative estimate of drug-likeness (QED) is 0.798. The number of carbonyl (C=O) groups is 1. The Kier molecular flexibility index (Phi) is 5.98. The van der Waals surface area contributed by atoms with E-state index < -0.39 is 0 Å². The Morgan fingerprint density at radius 1 is 1.00 bits per heavy atom. The van der Waals surface area contributed by atoms with Crippen LogP contribution in [-0.2, 0) is 17.8 Å². The van der Waals surface area contributed by atoms with Crippen LogP contribution in [0.15, 0.2) is 48.5 Å². The summed E-state index contributed by atoms with van der Waals surface area (Å²) in [5.74, 6) is 0.495. The van der Waals surface area contributed by atoms with Crippen molar-refractivity contribution >= 4 is 5.97 Å². The van der Waals surface area contributed by atoms with Crippen molar-refractivity contribution in [2.45, 2.75) is 19.4 Å². The number of aryl methyl sites for hydroxylation is 1. The van der Waals surface area contributed by atoms with Gasteiger partial charge < -0.3 is 15.2 Å². The second kappa shape index (κ2) is 8.20.